The molecule has 0 radical (unpaired) electrons. The summed E-state index contributed by atoms with van der Waals surface area (Å²) in [6.45, 7) is 13.4. The Kier molecular flexibility index (Phi) is 5.43. The summed E-state index contributed by atoms with van der Waals surface area (Å²) in [5.41, 5.74) is 0.0378. The molecular formula is C19H30O5. The zero-order chi connectivity index (χ0) is 18.2. The van der Waals surface area contributed by atoms with Crippen LogP contribution in [0.1, 0.15) is 47.5 Å². The fourth-order valence-corrected chi connectivity index (χ4v) is 4.10. The van der Waals surface area contributed by atoms with E-state index in [2.05, 4.69) is 13.5 Å². The summed E-state index contributed by atoms with van der Waals surface area (Å²) >= 11 is 0. The highest BCUT2D eigenvalue weighted by molar-refractivity contribution is 5.87. The van der Waals surface area contributed by atoms with Gasteiger partial charge in [0, 0.05) is 17.4 Å². The third-order valence-corrected chi connectivity index (χ3v) is 5.79. The number of hydrogen-bond acceptors (Lipinski definition) is 5. The Morgan fingerprint density at radius 2 is 1.83 bits per heavy atom. The van der Waals surface area contributed by atoms with Crippen molar-refractivity contribution in [3.63, 3.8) is 0 Å². The third-order valence-electron chi connectivity index (χ3n) is 5.79. The van der Waals surface area contributed by atoms with Crippen molar-refractivity contribution in [3.8, 4) is 0 Å². The predicted molar refractivity (Wildman–Crippen MR) is 90.2 cm³/mol. The summed E-state index contributed by atoms with van der Waals surface area (Å²) in [4.78, 5) is 24.3. The van der Waals surface area contributed by atoms with Gasteiger partial charge in [-0.15, -0.1) is 0 Å². The number of methoxy groups -OCH3 is 1. The summed E-state index contributed by atoms with van der Waals surface area (Å²) in [6, 6.07) is 0. The molecular weight excluding hydrogens is 308 g/mol. The zero-order valence-corrected chi connectivity index (χ0v) is 15.6. The zero-order valence-electron chi connectivity index (χ0n) is 15.6. The summed E-state index contributed by atoms with van der Waals surface area (Å²) in [6.07, 6.45) is 1.04. The molecule has 2 aliphatic rings. The SMILES string of the molecule is C=C(C)C(=O)OC1C2CC(C1OC(C)(C)CC)C(C(=O)OC)C2C. The number of carbonyl (C=O) groups excluding carboxylic acids is 2. The molecule has 136 valence electrons. The fourth-order valence-electron chi connectivity index (χ4n) is 4.10. The van der Waals surface area contributed by atoms with E-state index in [0.717, 1.165) is 12.8 Å². The van der Waals surface area contributed by atoms with Crippen molar-refractivity contribution in [2.24, 2.45) is 23.7 Å². The first-order valence-electron chi connectivity index (χ1n) is 8.75. The number of ether oxygens (including phenoxy) is 3. The molecule has 6 atom stereocenters. The van der Waals surface area contributed by atoms with Gasteiger partial charge in [-0.25, -0.2) is 4.79 Å². The largest absolute Gasteiger partial charge is 0.469 e. The Hall–Kier alpha value is -1.36. The number of fused-ring (bicyclic) bond motifs is 2. The van der Waals surface area contributed by atoms with Crippen molar-refractivity contribution in [2.45, 2.75) is 65.3 Å². The summed E-state index contributed by atoms with van der Waals surface area (Å²) in [5.74, 6) is -0.543. The van der Waals surface area contributed by atoms with Gasteiger partial charge in [0.15, 0.2) is 0 Å². The van der Waals surface area contributed by atoms with Gasteiger partial charge in [0.2, 0.25) is 0 Å². The van der Waals surface area contributed by atoms with E-state index in [9.17, 15) is 9.59 Å². The van der Waals surface area contributed by atoms with Crippen LogP contribution in [-0.4, -0.2) is 36.9 Å². The minimum Gasteiger partial charge on any atom is -0.469 e. The third kappa shape index (κ3) is 3.37. The lowest BCUT2D eigenvalue weighted by atomic mass is 9.77. The van der Waals surface area contributed by atoms with Gasteiger partial charge in [-0.1, -0.05) is 20.4 Å². The molecule has 5 heteroatoms. The highest BCUT2D eigenvalue weighted by atomic mass is 16.6. The molecule has 0 amide bonds. The van der Waals surface area contributed by atoms with E-state index in [4.69, 9.17) is 14.2 Å². The Morgan fingerprint density at radius 3 is 2.33 bits per heavy atom. The van der Waals surface area contributed by atoms with Gasteiger partial charge in [-0.2, -0.15) is 0 Å². The van der Waals surface area contributed by atoms with Gasteiger partial charge in [-0.3, -0.25) is 4.79 Å². The second-order valence-corrected chi connectivity index (χ2v) is 7.82. The lowest BCUT2D eigenvalue weighted by molar-refractivity contribution is -0.187. The van der Waals surface area contributed by atoms with Crippen LogP contribution in [0.3, 0.4) is 0 Å². The summed E-state index contributed by atoms with van der Waals surface area (Å²) < 4.78 is 17.1. The molecule has 2 rings (SSSR count). The number of carbonyl (C=O) groups is 2. The van der Waals surface area contributed by atoms with Crippen LogP contribution in [0.15, 0.2) is 12.2 Å². The molecule has 0 N–H and O–H groups in total. The maximum absolute atomic E-state index is 12.2. The first-order valence-corrected chi connectivity index (χ1v) is 8.75. The maximum atomic E-state index is 12.2. The molecule has 2 aliphatic carbocycles. The number of hydrogen-bond donors (Lipinski definition) is 0. The van der Waals surface area contributed by atoms with Crippen LogP contribution in [0.2, 0.25) is 0 Å². The van der Waals surface area contributed by atoms with Crippen LogP contribution in [0.5, 0.6) is 0 Å². The molecule has 0 saturated heterocycles. The lowest BCUT2D eigenvalue weighted by Gasteiger charge is -2.41. The van der Waals surface area contributed by atoms with Crippen molar-refractivity contribution in [1.82, 2.24) is 0 Å². The average molecular weight is 338 g/mol. The van der Waals surface area contributed by atoms with Crippen LogP contribution >= 0.6 is 0 Å². The fraction of sp³-hybridized carbons (Fsp3) is 0.789. The minimum atomic E-state index is -0.391. The second-order valence-electron chi connectivity index (χ2n) is 7.82. The molecule has 0 aromatic rings. The molecule has 0 heterocycles. The van der Waals surface area contributed by atoms with Crippen molar-refractivity contribution in [2.75, 3.05) is 7.11 Å². The van der Waals surface area contributed by atoms with Gasteiger partial charge in [-0.05, 0) is 39.5 Å². The van der Waals surface area contributed by atoms with E-state index in [0.29, 0.717) is 5.57 Å². The highest BCUT2D eigenvalue weighted by Gasteiger charge is 2.62. The maximum Gasteiger partial charge on any atom is 0.333 e. The van der Waals surface area contributed by atoms with E-state index in [1.54, 1.807) is 6.92 Å². The Labute approximate surface area is 144 Å². The monoisotopic (exact) mass is 338 g/mol. The Morgan fingerprint density at radius 1 is 1.21 bits per heavy atom. The van der Waals surface area contributed by atoms with Crippen molar-refractivity contribution < 1.29 is 23.8 Å². The van der Waals surface area contributed by atoms with E-state index in [1.165, 1.54) is 7.11 Å². The van der Waals surface area contributed by atoms with Gasteiger partial charge in [0.25, 0.3) is 0 Å². The standard InChI is InChI=1S/C19H30O5/c1-8-19(5,6)24-16-13-9-12(11(4)14(13)18(21)22-7)15(16)23-17(20)10(2)3/h11-16H,2,8-9H2,1,3-7H3. The highest BCUT2D eigenvalue weighted by Crippen LogP contribution is 2.55. The first-order chi connectivity index (χ1) is 11.1. The Balaban J connectivity index is 2.28. The van der Waals surface area contributed by atoms with Gasteiger partial charge in [0.1, 0.15) is 6.10 Å². The topological polar surface area (TPSA) is 61.8 Å². The van der Waals surface area contributed by atoms with E-state index < -0.39 is 5.97 Å². The van der Waals surface area contributed by atoms with Gasteiger partial charge >= 0.3 is 11.9 Å². The van der Waals surface area contributed by atoms with Crippen LogP contribution in [0.25, 0.3) is 0 Å². The van der Waals surface area contributed by atoms with Crippen molar-refractivity contribution >= 4 is 11.9 Å². The average Bonchev–Trinajstić information content (AvgIpc) is 3.02. The van der Waals surface area contributed by atoms with E-state index in [-0.39, 0.29) is 47.4 Å². The predicted octanol–water partition coefficient (Wildman–Crippen LogP) is 3.12. The van der Waals surface area contributed by atoms with Crippen LogP contribution in [0, 0.1) is 23.7 Å². The smallest absolute Gasteiger partial charge is 0.333 e. The molecule has 0 aromatic heterocycles. The molecule has 2 fully saturated rings. The molecule has 2 bridgehead atoms. The van der Waals surface area contributed by atoms with Crippen molar-refractivity contribution in [1.29, 1.82) is 0 Å². The minimum absolute atomic E-state index is 0.0196. The Bertz CT molecular complexity index is 524. The quantitative estimate of drug-likeness (QED) is 0.550. The summed E-state index contributed by atoms with van der Waals surface area (Å²) in [7, 11) is 1.42. The second kappa shape index (κ2) is 6.87. The molecule has 24 heavy (non-hydrogen) atoms. The van der Waals surface area contributed by atoms with Gasteiger partial charge in [0.05, 0.1) is 24.7 Å². The van der Waals surface area contributed by atoms with Gasteiger partial charge < -0.3 is 14.2 Å². The van der Waals surface area contributed by atoms with Crippen LogP contribution < -0.4 is 0 Å². The molecule has 0 spiro atoms. The van der Waals surface area contributed by atoms with Crippen LogP contribution in [-0.2, 0) is 23.8 Å². The van der Waals surface area contributed by atoms with E-state index >= 15 is 0 Å². The normalized spacial score (nSPS) is 34.9. The molecule has 0 aromatic carbocycles. The number of rotatable bonds is 6. The molecule has 5 nitrogen and oxygen atoms in total. The molecule has 2 saturated carbocycles. The van der Waals surface area contributed by atoms with E-state index in [1.807, 2.05) is 20.8 Å². The first kappa shape index (κ1) is 19.0. The van der Waals surface area contributed by atoms with Crippen LogP contribution in [0.4, 0.5) is 0 Å². The number of esters is 2. The lowest BCUT2D eigenvalue weighted by Crippen LogP contribution is -2.50. The van der Waals surface area contributed by atoms with Crippen molar-refractivity contribution in [3.05, 3.63) is 12.2 Å². The summed E-state index contributed by atoms with van der Waals surface area (Å²) in [5, 5.41) is 0. The molecule has 6 unspecified atom stereocenters. The molecule has 0 aliphatic heterocycles.